The van der Waals surface area contributed by atoms with Crippen LogP contribution in [0.1, 0.15) is 26.3 Å². The topological polar surface area (TPSA) is 77.7 Å². The molecular formula is C17H21ClN4O3. The highest BCUT2D eigenvalue weighted by atomic mass is 35.5. The molecule has 1 N–H and O–H groups in total. The number of aromatic nitrogens is 2. The Labute approximate surface area is 151 Å². The van der Waals surface area contributed by atoms with Crippen LogP contribution in [0.25, 0.3) is 0 Å². The molecule has 0 saturated heterocycles. The number of hydrogen-bond acceptors (Lipinski definition) is 6. The lowest BCUT2D eigenvalue weighted by Crippen LogP contribution is -2.20. The number of halogens is 1. The first-order chi connectivity index (χ1) is 11.9. The molecule has 0 aliphatic carbocycles. The molecule has 0 bridgehead atoms. The Hall–Kier alpha value is -2.54. The fraction of sp³-hybridized carbons (Fsp3) is 0.353. The van der Waals surface area contributed by atoms with E-state index in [2.05, 4.69) is 15.6 Å². The number of nitrogens with one attached hydrogen (secondary N) is 1. The molecule has 0 fully saturated rings. The van der Waals surface area contributed by atoms with E-state index in [0.29, 0.717) is 23.8 Å². The summed E-state index contributed by atoms with van der Waals surface area (Å²) in [5.41, 5.74) is 3.47. The Morgan fingerprint density at radius 2 is 2.16 bits per heavy atom. The van der Waals surface area contributed by atoms with Crippen molar-refractivity contribution < 1.29 is 9.47 Å². The van der Waals surface area contributed by atoms with E-state index < -0.39 is 5.56 Å². The van der Waals surface area contributed by atoms with Crippen LogP contribution in [0.4, 0.5) is 5.69 Å². The summed E-state index contributed by atoms with van der Waals surface area (Å²) in [5, 5.41) is 8.01. The number of nitrogens with zero attached hydrogens (tertiary/aromatic N) is 3. The van der Waals surface area contributed by atoms with Crippen molar-refractivity contribution in [2.24, 2.45) is 12.1 Å². The summed E-state index contributed by atoms with van der Waals surface area (Å²) in [6, 6.07) is 5.52. The zero-order valence-corrected chi connectivity index (χ0v) is 15.4. The van der Waals surface area contributed by atoms with Gasteiger partial charge in [-0.3, -0.25) is 10.2 Å². The summed E-state index contributed by atoms with van der Waals surface area (Å²) in [5.74, 6) is 1.33. The molecule has 1 heterocycles. The van der Waals surface area contributed by atoms with Gasteiger partial charge < -0.3 is 9.47 Å². The zero-order chi connectivity index (χ0) is 18.4. The highest BCUT2D eigenvalue weighted by Gasteiger charge is 2.08. The van der Waals surface area contributed by atoms with Crippen LogP contribution in [0.2, 0.25) is 5.02 Å². The normalized spacial score (nSPS) is 11.1. The maximum absolute atomic E-state index is 11.7. The Morgan fingerprint density at radius 1 is 1.40 bits per heavy atom. The summed E-state index contributed by atoms with van der Waals surface area (Å²) >= 11 is 5.97. The lowest BCUT2D eigenvalue weighted by atomic mass is 10.2. The fourth-order valence-electron chi connectivity index (χ4n) is 1.99. The largest absolute Gasteiger partial charge is 0.490 e. The fourth-order valence-corrected chi connectivity index (χ4v) is 2.20. The lowest BCUT2D eigenvalue weighted by molar-refractivity contribution is 0.224. The Kier molecular flexibility index (Phi) is 6.41. The van der Waals surface area contributed by atoms with E-state index in [1.165, 1.54) is 13.2 Å². The van der Waals surface area contributed by atoms with E-state index in [4.69, 9.17) is 21.1 Å². The Morgan fingerprint density at radius 3 is 2.84 bits per heavy atom. The van der Waals surface area contributed by atoms with Gasteiger partial charge in [0.25, 0.3) is 5.56 Å². The van der Waals surface area contributed by atoms with Crippen LogP contribution >= 0.6 is 11.6 Å². The van der Waals surface area contributed by atoms with Crippen LogP contribution in [0.15, 0.2) is 34.3 Å². The second-order valence-electron chi connectivity index (χ2n) is 5.48. The van der Waals surface area contributed by atoms with E-state index in [9.17, 15) is 4.79 Å². The quantitative estimate of drug-likeness (QED) is 0.603. The molecule has 8 heteroatoms. The summed E-state index contributed by atoms with van der Waals surface area (Å²) in [6.45, 7) is 6.35. The number of anilines is 1. The summed E-state index contributed by atoms with van der Waals surface area (Å²) in [7, 11) is 1.53. The standard InChI is InChI=1S/C17H21ClN4O3/c1-5-24-15-8-12(6-7-14(15)25-11(2)3)9-19-21-13-10-20-22(4)17(23)16(13)18/h6-11,21H,5H2,1-4H3/b19-9-. The average Bonchev–Trinajstić information content (AvgIpc) is 2.57. The first-order valence-corrected chi connectivity index (χ1v) is 8.24. The maximum Gasteiger partial charge on any atom is 0.287 e. The van der Waals surface area contributed by atoms with Crippen LogP contribution in [-0.4, -0.2) is 28.7 Å². The molecule has 0 aliphatic heterocycles. The number of hydrogen-bond donors (Lipinski definition) is 1. The summed E-state index contributed by atoms with van der Waals surface area (Å²) in [4.78, 5) is 11.7. The predicted molar refractivity (Wildman–Crippen MR) is 99.1 cm³/mol. The minimum Gasteiger partial charge on any atom is -0.490 e. The van der Waals surface area contributed by atoms with Gasteiger partial charge in [-0.15, -0.1) is 0 Å². The molecule has 0 atom stereocenters. The van der Waals surface area contributed by atoms with Gasteiger partial charge in [0.05, 0.1) is 25.1 Å². The van der Waals surface area contributed by atoms with Crippen molar-refractivity contribution in [1.82, 2.24) is 9.78 Å². The van der Waals surface area contributed by atoms with Crippen LogP contribution in [0, 0.1) is 0 Å². The first-order valence-electron chi connectivity index (χ1n) is 7.86. The van der Waals surface area contributed by atoms with E-state index in [-0.39, 0.29) is 11.1 Å². The van der Waals surface area contributed by atoms with Crippen LogP contribution in [-0.2, 0) is 7.05 Å². The lowest BCUT2D eigenvalue weighted by Gasteiger charge is -2.14. The minimum atomic E-state index is -0.393. The van der Waals surface area contributed by atoms with Crippen LogP contribution < -0.4 is 20.5 Å². The SMILES string of the molecule is CCOc1cc(/C=N\Nc2cnn(C)c(=O)c2Cl)ccc1OC(C)C. The second-order valence-corrected chi connectivity index (χ2v) is 5.85. The van der Waals surface area contributed by atoms with Gasteiger partial charge in [0.15, 0.2) is 11.5 Å². The number of ether oxygens (including phenoxy) is 2. The van der Waals surface area contributed by atoms with Gasteiger partial charge in [-0.25, -0.2) is 4.68 Å². The highest BCUT2D eigenvalue weighted by Crippen LogP contribution is 2.29. The van der Waals surface area contributed by atoms with Crippen LogP contribution in [0.3, 0.4) is 0 Å². The van der Waals surface area contributed by atoms with Crippen molar-refractivity contribution >= 4 is 23.5 Å². The van der Waals surface area contributed by atoms with E-state index in [1.807, 2.05) is 39.0 Å². The molecule has 2 aromatic rings. The monoisotopic (exact) mass is 364 g/mol. The Bertz CT molecular complexity index is 818. The minimum absolute atomic E-state index is 0.0327. The van der Waals surface area contributed by atoms with Gasteiger partial charge in [0.2, 0.25) is 0 Å². The molecule has 0 unspecified atom stereocenters. The third-order valence-corrected chi connectivity index (χ3v) is 3.47. The van der Waals surface area contributed by atoms with E-state index in [0.717, 1.165) is 10.2 Å². The molecule has 0 aliphatic rings. The molecule has 134 valence electrons. The molecule has 1 aromatic heterocycles. The number of hydrazone groups is 1. The van der Waals surface area contributed by atoms with Gasteiger partial charge in [0.1, 0.15) is 10.7 Å². The Balaban J connectivity index is 2.17. The van der Waals surface area contributed by atoms with Crippen molar-refractivity contribution in [1.29, 1.82) is 0 Å². The second kappa shape index (κ2) is 8.53. The predicted octanol–water partition coefficient (Wildman–Crippen LogP) is 3.07. The molecule has 2 rings (SSSR count). The van der Waals surface area contributed by atoms with Gasteiger partial charge >= 0.3 is 0 Å². The van der Waals surface area contributed by atoms with Gasteiger partial charge in [-0.05, 0) is 44.5 Å². The molecule has 7 nitrogen and oxygen atoms in total. The molecule has 0 spiro atoms. The highest BCUT2D eigenvalue weighted by molar-refractivity contribution is 6.32. The van der Waals surface area contributed by atoms with E-state index >= 15 is 0 Å². The van der Waals surface area contributed by atoms with Crippen molar-refractivity contribution in [2.45, 2.75) is 26.9 Å². The molecule has 0 saturated carbocycles. The van der Waals surface area contributed by atoms with Gasteiger partial charge in [0, 0.05) is 7.05 Å². The molecule has 1 aromatic carbocycles. The number of aryl methyl sites for hydroxylation is 1. The van der Waals surface area contributed by atoms with Crippen molar-refractivity contribution in [3.63, 3.8) is 0 Å². The molecule has 25 heavy (non-hydrogen) atoms. The average molecular weight is 365 g/mol. The van der Waals surface area contributed by atoms with E-state index in [1.54, 1.807) is 6.21 Å². The third kappa shape index (κ3) is 4.96. The van der Waals surface area contributed by atoms with Gasteiger partial charge in [-0.1, -0.05) is 11.6 Å². The van der Waals surface area contributed by atoms with Gasteiger partial charge in [-0.2, -0.15) is 10.2 Å². The summed E-state index contributed by atoms with van der Waals surface area (Å²) in [6.07, 6.45) is 3.08. The van der Waals surface area contributed by atoms with Crippen molar-refractivity contribution in [2.75, 3.05) is 12.0 Å². The van der Waals surface area contributed by atoms with Crippen molar-refractivity contribution in [3.05, 3.63) is 45.3 Å². The van der Waals surface area contributed by atoms with Crippen LogP contribution in [0.5, 0.6) is 11.5 Å². The molecule has 0 amide bonds. The third-order valence-electron chi connectivity index (χ3n) is 3.11. The maximum atomic E-state index is 11.7. The number of rotatable bonds is 7. The zero-order valence-electron chi connectivity index (χ0n) is 14.6. The molecule has 0 radical (unpaired) electrons. The molecular weight excluding hydrogens is 344 g/mol. The van der Waals surface area contributed by atoms with Crippen molar-refractivity contribution in [3.8, 4) is 11.5 Å². The number of benzene rings is 1. The first kappa shape index (κ1) is 18.8. The summed E-state index contributed by atoms with van der Waals surface area (Å²) < 4.78 is 12.5. The smallest absolute Gasteiger partial charge is 0.287 e.